The molecule has 2 saturated heterocycles. The summed E-state index contributed by atoms with van der Waals surface area (Å²) in [5, 5.41) is 2.69. The summed E-state index contributed by atoms with van der Waals surface area (Å²) in [6, 6.07) is -0.740. The van der Waals surface area contributed by atoms with E-state index in [1.54, 1.807) is 4.90 Å². The fraction of sp³-hybridized carbons (Fsp3) is 0.714. The van der Waals surface area contributed by atoms with E-state index in [1.165, 1.54) is 7.11 Å². The molecule has 2 rings (SSSR count). The number of carbonyl (C=O) groups excluding carboxylic acids is 4. The van der Waals surface area contributed by atoms with Gasteiger partial charge in [0.25, 0.3) is 0 Å². The van der Waals surface area contributed by atoms with Crippen LogP contribution in [0.3, 0.4) is 0 Å². The molecule has 2 aliphatic rings. The van der Waals surface area contributed by atoms with Crippen LogP contribution < -0.4 is 5.32 Å². The Kier molecular flexibility index (Phi) is 5.96. The molecular weight excluding hydrogens is 308 g/mol. The smallest absolute Gasteiger partial charge is 0.306 e. The first-order valence-electron chi connectivity index (χ1n) is 7.34. The van der Waals surface area contributed by atoms with Crippen LogP contribution in [0.4, 0.5) is 0 Å². The molecule has 0 aromatic heterocycles. The molecular formula is C14H20N2O5S. The number of nitrogens with zero attached hydrogens (tertiary/aromatic N) is 1. The van der Waals surface area contributed by atoms with E-state index in [9.17, 15) is 19.2 Å². The van der Waals surface area contributed by atoms with Crippen LogP contribution in [-0.2, 0) is 23.9 Å². The third-order valence-electron chi connectivity index (χ3n) is 3.87. The standard InChI is InChI=1S/C14H20N2O5S/c1-21-12(19)6-5-11(18)15-10-4-2-3-7-16(10)13-9(17)8-22-14(13)20/h10,13H,2-8H2,1H3,(H,15,18). The molecule has 0 saturated carbocycles. The maximum atomic E-state index is 11.9. The van der Waals surface area contributed by atoms with E-state index in [1.807, 2.05) is 0 Å². The van der Waals surface area contributed by atoms with E-state index in [2.05, 4.69) is 10.1 Å². The molecule has 8 heteroatoms. The molecule has 7 nitrogen and oxygen atoms in total. The minimum Gasteiger partial charge on any atom is -0.469 e. The van der Waals surface area contributed by atoms with Crippen molar-refractivity contribution in [3.63, 3.8) is 0 Å². The number of ether oxygens (including phenoxy) is 1. The third kappa shape index (κ3) is 4.07. The van der Waals surface area contributed by atoms with E-state index in [-0.39, 0.29) is 41.6 Å². The number of hydrogen-bond acceptors (Lipinski definition) is 7. The van der Waals surface area contributed by atoms with Gasteiger partial charge in [-0.05, 0) is 19.3 Å². The molecule has 0 spiro atoms. The number of hydrogen-bond donors (Lipinski definition) is 1. The number of thioether (sulfide) groups is 1. The summed E-state index contributed by atoms with van der Waals surface area (Å²) in [5.41, 5.74) is 0. The highest BCUT2D eigenvalue weighted by Crippen LogP contribution is 2.27. The molecule has 2 atom stereocenters. The summed E-state index contributed by atoms with van der Waals surface area (Å²) >= 11 is 1.04. The number of piperidine rings is 1. The zero-order valence-corrected chi connectivity index (χ0v) is 13.3. The van der Waals surface area contributed by atoms with Crippen LogP contribution in [0.25, 0.3) is 0 Å². The topological polar surface area (TPSA) is 92.8 Å². The fourth-order valence-corrected chi connectivity index (χ4v) is 3.61. The lowest BCUT2D eigenvalue weighted by Crippen LogP contribution is -2.57. The summed E-state index contributed by atoms with van der Waals surface area (Å²) in [6.07, 6.45) is 2.27. The lowest BCUT2D eigenvalue weighted by atomic mass is 10.0. The predicted octanol–water partition coefficient (Wildman–Crippen LogP) is 0.0789. The lowest BCUT2D eigenvalue weighted by Gasteiger charge is -2.38. The van der Waals surface area contributed by atoms with Gasteiger partial charge in [0.15, 0.2) is 5.78 Å². The number of methoxy groups -OCH3 is 1. The quantitative estimate of drug-likeness (QED) is 0.564. The number of ketones is 1. The average Bonchev–Trinajstić information content (AvgIpc) is 2.84. The fourth-order valence-electron chi connectivity index (χ4n) is 2.75. The third-order valence-corrected chi connectivity index (χ3v) is 4.81. The number of rotatable bonds is 5. The van der Waals surface area contributed by atoms with Crippen LogP contribution in [0.15, 0.2) is 0 Å². The van der Waals surface area contributed by atoms with Gasteiger partial charge in [0.1, 0.15) is 6.04 Å². The van der Waals surface area contributed by atoms with Crippen molar-refractivity contribution >= 4 is 34.5 Å². The second kappa shape index (κ2) is 7.73. The van der Waals surface area contributed by atoms with Crippen LogP contribution in [0.1, 0.15) is 32.1 Å². The molecule has 2 aliphatic heterocycles. The van der Waals surface area contributed by atoms with Gasteiger partial charge in [-0.2, -0.15) is 0 Å². The van der Waals surface area contributed by atoms with Crippen molar-refractivity contribution in [2.24, 2.45) is 0 Å². The average molecular weight is 328 g/mol. The number of carbonyl (C=O) groups is 4. The minimum atomic E-state index is -0.740. The van der Waals surface area contributed by atoms with Gasteiger partial charge in [0, 0.05) is 13.0 Å². The van der Waals surface area contributed by atoms with Crippen molar-refractivity contribution < 1.29 is 23.9 Å². The van der Waals surface area contributed by atoms with Crippen molar-refractivity contribution in [3.8, 4) is 0 Å². The molecule has 1 N–H and O–H groups in total. The van der Waals surface area contributed by atoms with E-state index < -0.39 is 12.0 Å². The maximum Gasteiger partial charge on any atom is 0.306 e. The summed E-state index contributed by atoms with van der Waals surface area (Å²) in [5.74, 6) is -0.588. The second-order valence-electron chi connectivity index (χ2n) is 5.37. The van der Waals surface area contributed by atoms with Crippen molar-refractivity contribution in [2.75, 3.05) is 19.4 Å². The summed E-state index contributed by atoms with van der Waals surface area (Å²) in [4.78, 5) is 48.6. The number of nitrogens with one attached hydrogen (secondary N) is 1. The highest BCUT2D eigenvalue weighted by atomic mass is 32.2. The molecule has 0 bridgehead atoms. The molecule has 0 aromatic carbocycles. The van der Waals surface area contributed by atoms with Gasteiger partial charge in [-0.1, -0.05) is 11.8 Å². The zero-order chi connectivity index (χ0) is 16.1. The van der Waals surface area contributed by atoms with Gasteiger partial charge >= 0.3 is 5.97 Å². The Morgan fingerprint density at radius 2 is 2.09 bits per heavy atom. The molecule has 2 heterocycles. The van der Waals surface area contributed by atoms with Gasteiger partial charge in [0.05, 0.1) is 25.4 Å². The molecule has 122 valence electrons. The molecule has 2 fully saturated rings. The van der Waals surface area contributed by atoms with Gasteiger partial charge in [0.2, 0.25) is 11.0 Å². The van der Waals surface area contributed by atoms with Gasteiger partial charge < -0.3 is 10.1 Å². The molecule has 0 radical (unpaired) electrons. The van der Waals surface area contributed by atoms with Crippen LogP contribution in [0.2, 0.25) is 0 Å². The maximum absolute atomic E-state index is 11.9. The van der Waals surface area contributed by atoms with E-state index in [0.717, 1.165) is 24.6 Å². The largest absolute Gasteiger partial charge is 0.469 e. The SMILES string of the molecule is COC(=O)CCC(=O)NC1CCCCN1C1C(=O)CSC1=O. The Hall–Kier alpha value is -1.41. The first-order valence-corrected chi connectivity index (χ1v) is 8.32. The normalized spacial score (nSPS) is 26.0. The Labute approximate surface area is 133 Å². The van der Waals surface area contributed by atoms with Crippen LogP contribution >= 0.6 is 11.8 Å². The Morgan fingerprint density at radius 1 is 1.32 bits per heavy atom. The Bertz CT molecular complexity index is 466. The molecule has 22 heavy (non-hydrogen) atoms. The van der Waals surface area contributed by atoms with Gasteiger partial charge in [-0.3, -0.25) is 24.1 Å². The first-order chi connectivity index (χ1) is 10.5. The zero-order valence-electron chi connectivity index (χ0n) is 12.5. The number of likely N-dealkylation sites (tertiary alicyclic amines) is 1. The highest BCUT2D eigenvalue weighted by Gasteiger charge is 2.42. The number of amides is 1. The van der Waals surface area contributed by atoms with Gasteiger partial charge in [-0.25, -0.2) is 0 Å². The summed E-state index contributed by atoms with van der Waals surface area (Å²) in [6.45, 7) is 0.616. The van der Waals surface area contributed by atoms with Crippen molar-refractivity contribution in [1.29, 1.82) is 0 Å². The molecule has 1 amide bonds. The monoisotopic (exact) mass is 328 g/mol. The number of esters is 1. The molecule has 0 aliphatic carbocycles. The number of Topliss-reactive ketones (excluding diaryl/α,β-unsaturated/α-hetero) is 1. The van der Waals surface area contributed by atoms with E-state index in [4.69, 9.17) is 0 Å². The summed E-state index contributed by atoms with van der Waals surface area (Å²) < 4.78 is 4.50. The highest BCUT2D eigenvalue weighted by molar-refractivity contribution is 8.15. The van der Waals surface area contributed by atoms with Crippen molar-refractivity contribution in [2.45, 2.75) is 44.3 Å². The summed E-state index contributed by atoms with van der Waals surface area (Å²) in [7, 11) is 1.28. The van der Waals surface area contributed by atoms with Crippen LogP contribution in [0, 0.1) is 0 Å². The van der Waals surface area contributed by atoms with Crippen molar-refractivity contribution in [3.05, 3.63) is 0 Å². The Balaban J connectivity index is 1.95. The molecule has 0 aromatic rings. The minimum absolute atomic E-state index is 0.0200. The van der Waals surface area contributed by atoms with Crippen LogP contribution in [-0.4, -0.2) is 59.3 Å². The Morgan fingerprint density at radius 3 is 2.73 bits per heavy atom. The van der Waals surface area contributed by atoms with E-state index in [0.29, 0.717) is 13.0 Å². The lowest BCUT2D eigenvalue weighted by molar-refractivity contribution is -0.142. The first kappa shape index (κ1) is 17.0. The molecule has 2 unspecified atom stereocenters. The van der Waals surface area contributed by atoms with E-state index >= 15 is 0 Å². The van der Waals surface area contributed by atoms with Crippen LogP contribution in [0.5, 0.6) is 0 Å². The van der Waals surface area contributed by atoms with Gasteiger partial charge in [-0.15, -0.1) is 0 Å². The van der Waals surface area contributed by atoms with Crippen molar-refractivity contribution in [1.82, 2.24) is 10.2 Å². The predicted molar refractivity (Wildman–Crippen MR) is 80.0 cm³/mol. The second-order valence-corrected chi connectivity index (χ2v) is 6.35.